The Morgan fingerprint density at radius 2 is 1.00 bits per heavy atom. The molecule has 82 heavy (non-hydrogen) atoms. The predicted octanol–water partition coefficient (Wildman–Crippen LogP) is 5.33. The highest BCUT2D eigenvalue weighted by molar-refractivity contribution is 5.94. The molecule has 0 aromatic carbocycles. The molecular formula is C57H98N10O15. The van der Waals surface area contributed by atoms with E-state index in [2.05, 4.69) is 59.6 Å². The molecule has 1 heterocycles. The SMILES string of the molecule is C=CCOC(=O)NCCCOCCOCCOCCCNC(=O)C(CCCCNC(=O)CCCCCNC(=O)CCCCCNC(=O)c1ccc(NNC(=O)OC(C)(C)C)nc1)NC(=O)CCC(=O)NCCCCCC(=O)OC(C)(C)C. The van der Waals surface area contributed by atoms with Gasteiger partial charge in [0.1, 0.15) is 29.7 Å². The van der Waals surface area contributed by atoms with Crippen molar-refractivity contribution >= 4 is 59.4 Å². The van der Waals surface area contributed by atoms with E-state index in [0.29, 0.717) is 174 Å². The summed E-state index contributed by atoms with van der Waals surface area (Å²) in [6.07, 6.45) is 11.5. The van der Waals surface area contributed by atoms with Crippen LogP contribution in [0.3, 0.4) is 0 Å². The number of unbranched alkanes of at least 4 members (excludes halogenated alkanes) is 7. The molecule has 8 amide bonds. The number of pyridine rings is 1. The van der Waals surface area contributed by atoms with Crippen molar-refractivity contribution in [2.75, 3.05) is 90.9 Å². The van der Waals surface area contributed by atoms with Gasteiger partial charge >= 0.3 is 18.2 Å². The largest absolute Gasteiger partial charge is 0.460 e. The minimum atomic E-state index is -0.847. The van der Waals surface area contributed by atoms with Crippen molar-refractivity contribution in [3.05, 3.63) is 36.5 Å². The summed E-state index contributed by atoms with van der Waals surface area (Å²) in [5.41, 5.74) is 4.19. The zero-order valence-corrected chi connectivity index (χ0v) is 49.8. The molecule has 25 nitrogen and oxygen atoms in total. The smallest absolute Gasteiger partial charge is 0.426 e. The van der Waals surface area contributed by atoms with Gasteiger partial charge in [-0.05, 0) is 124 Å². The monoisotopic (exact) mass is 1160 g/mol. The first-order chi connectivity index (χ1) is 39.2. The third-order valence-electron chi connectivity index (χ3n) is 11.3. The maximum absolute atomic E-state index is 13.3. The topological polar surface area (TPSA) is 330 Å². The molecule has 0 aliphatic heterocycles. The second-order valence-corrected chi connectivity index (χ2v) is 21.3. The number of hydrazine groups is 1. The van der Waals surface area contributed by atoms with Crippen molar-refractivity contribution in [2.45, 2.75) is 181 Å². The van der Waals surface area contributed by atoms with Gasteiger partial charge in [0.15, 0.2) is 0 Å². The average Bonchev–Trinajstić information content (AvgIpc) is 3.42. The lowest BCUT2D eigenvalue weighted by atomic mass is 10.1. The third kappa shape index (κ3) is 45.1. The number of ether oxygens (including phenoxy) is 6. The normalized spacial score (nSPS) is 11.5. The summed E-state index contributed by atoms with van der Waals surface area (Å²) >= 11 is 0. The Labute approximate surface area is 485 Å². The van der Waals surface area contributed by atoms with Crippen LogP contribution in [0.5, 0.6) is 0 Å². The van der Waals surface area contributed by atoms with Gasteiger partial charge in [0.2, 0.25) is 29.5 Å². The number of carbonyl (C=O) groups is 9. The van der Waals surface area contributed by atoms with Crippen molar-refractivity contribution in [1.29, 1.82) is 0 Å². The zero-order valence-electron chi connectivity index (χ0n) is 49.8. The molecule has 0 saturated heterocycles. The van der Waals surface area contributed by atoms with Gasteiger partial charge in [-0.25, -0.2) is 20.0 Å². The predicted molar refractivity (Wildman–Crippen MR) is 309 cm³/mol. The van der Waals surface area contributed by atoms with Gasteiger partial charge in [-0.3, -0.25) is 39.0 Å². The fourth-order valence-electron chi connectivity index (χ4n) is 7.25. The van der Waals surface area contributed by atoms with Crippen molar-refractivity contribution in [1.82, 2.24) is 47.6 Å². The number of alkyl carbamates (subject to hydrolysis) is 1. The standard InChI is InChI=1S/C57H98N10O15/c1-8-36-80-54(75)63-35-21-38-78-40-42-79-41-39-77-37-20-34-62-53(74)45(65-50(71)29-28-49(70)60-31-17-11-14-25-51(72)81-56(2,3)4)22-15-19-32-59-48(69)23-12-9-16-30-58-47(68)24-13-10-18-33-61-52(73)44-26-27-46(64-43-44)66-67-55(76)82-57(5,6)7/h8,26-27,43,45H,1,9-25,28-42H2,2-7H3,(H,58,68)(H,59,69)(H,60,70)(H,61,73)(H,62,74)(H,63,75)(H,64,66)(H,65,71)(H,67,76). The van der Waals surface area contributed by atoms with Crippen LogP contribution < -0.4 is 48.1 Å². The lowest BCUT2D eigenvalue weighted by Gasteiger charge is -2.19. The van der Waals surface area contributed by atoms with Crippen LogP contribution in [0.4, 0.5) is 15.4 Å². The van der Waals surface area contributed by atoms with E-state index in [1.807, 2.05) is 20.8 Å². The van der Waals surface area contributed by atoms with Gasteiger partial charge in [-0.1, -0.05) is 31.9 Å². The van der Waals surface area contributed by atoms with E-state index in [-0.39, 0.29) is 55.0 Å². The van der Waals surface area contributed by atoms with Crippen LogP contribution >= 0.6 is 0 Å². The fourth-order valence-corrected chi connectivity index (χ4v) is 7.25. The zero-order chi connectivity index (χ0) is 60.7. The van der Waals surface area contributed by atoms with Gasteiger partial charge in [0, 0.05) is 90.8 Å². The summed E-state index contributed by atoms with van der Waals surface area (Å²) in [4.78, 5) is 115. The minimum Gasteiger partial charge on any atom is -0.460 e. The summed E-state index contributed by atoms with van der Waals surface area (Å²) in [6.45, 7) is 19.2. The molecule has 0 fully saturated rings. The average molecular weight is 1160 g/mol. The van der Waals surface area contributed by atoms with E-state index < -0.39 is 35.3 Å². The van der Waals surface area contributed by atoms with E-state index >= 15 is 0 Å². The van der Waals surface area contributed by atoms with Crippen LogP contribution in [0.2, 0.25) is 0 Å². The molecule has 0 spiro atoms. The number of anilines is 1. The quantitative estimate of drug-likeness (QED) is 0.0131. The Balaban J connectivity index is 2.32. The molecule has 0 bridgehead atoms. The molecule has 1 atom stereocenters. The Morgan fingerprint density at radius 3 is 1.54 bits per heavy atom. The number of rotatable bonds is 47. The van der Waals surface area contributed by atoms with Crippen LogP contribution in [-0.2, 0) is 57.2 Å². The molecule has 1 rings (SSSR count). The molecule has 466 valence electrons. The lowest BCUT2D eigenvalue weighted by molar-refractivity contribution is -0.155. The second-order valence-electron chi connectivity index (χ2n) is 21.3. The number of amides is 8. The number of aromatic nitrogens is 1. The molecule has 1 aromatic heterocycles. The Kier molecular flexibility index (Phi) is 41.1. The van der Waals surface area contributed by atoms with Gasteiger partial charge in [-0.15, -0.1) is 0 Å². The maximum Gasteiger partial charge on any atom is 0.426 e. The van der Waals surface area contributed by atoms with Gasteiger partial charge in [0.25, 0.3) is 5.91 Å². The van der Waals surface area contributed by atoms with Crippen molar-refractivity contribution in [3.8, 4) is 0 Å². The van der Waals surface area contributed by atoms with Crippen LogP contribution in [0.1, 0.15) is 174 Å². The fraction of sp³-hybridized carbons (Fsp3) is 0.719. The van der Waals surface area contributed by atoms with Gasteiger partial charge in [-0.2, -0.15) is 0 Å². The van der Waals surface area contributed by atoms with Crippen LogP contribution in [0.25, 0.3) is 0 Å². The maximum atomic E-state index is 13.3. The van der Waals surface area contributed by atoms with E-state index in [1.165, 1.54) is 12.3 Å². The second kappa shape index (κ2) is 45.9. The number of esters is 1. The Morgan fingerprint density at radius 1 is 0.512 bits per heavy atom. The summed E-state index contributed by atoms with van der Waals surface area (Å²) in [5, 5.41) is 19.7. The van der Waals surface area contributed by atoms with Crippen molar-refractivity contribution in [2.24, 2.45) is 0 Å². The molecule has 25 heteroatoms. The molecular weight excluding hydrogens is 1060 g/mol. The van der Waals surface area contributed by atoms with Crippen LogP contribution in [-0.4, -0.2) is 161 Å². The lowest BCUT2D eigenvalue weighted by Crippen LogP contribution is -2.47. The molecule has 0 aliphatic carbocycles. The number of hydrogen-bond donors (Lipinski definition) is 9. The molecule has 0 radical (unpaired) electrons. The highest BCUT2D eigenvalue weighted by atomic mass is 16.6. The third-order valence-corrected chi connectivity index (χ3v) is 11.3. The molecule has 0 saturated carbocycles. The summed E-state index contributed by atoms with van der Waals surface area (Å²) in [6, 6.07) is 2.29. The first-order valence-electron chi connectivity index (χ1n) is 29.0. The first kappa shape index (κ1) is 73.4. The number of nitrogens with zero attached hydrogens (tertiary/aromatic N) is 1. The minimum absolute atomic E-state index is 0.0467. The van der Waals surface area contributed by atoms with Crippen molar-refractivity contribution < 1.29 is 71.6 Å². The highest BCUT2D eigenvalue weighted by Gasteiger charge is 2.21. The van der Waals surface area contributed by atoms with Crippen molar-refractivity contribution in [3.63, 3.8) is 0 Å². The molecule has 1 unspecified atom stereocenters. The molecule has 0 aliphatic rings. The number of carbonyl (C=O) groups excluding carboxylic acids is 9. The summed E-state index contributed by atoms with van der Waals surface area (Å²) in [5.74, 6) is -1.43. The summed E-state index contributed by atoms with van der Waals surface area (Å²) < 4.78 is 31.9. The molecule has 9 N–H and O–H groups in total. The van der Waals surface area contributed by atoms with E-state index in [9.17, 15) is 43.2 Å². The van der Waals surface area contributed by atoms with Gasteiger partial charge in [0.05, 0.1) is 32.0 Å². The van der Waals surface area contributed by atoms with E-state index in [0.717, 1.165) is 25.7 Å². The Bertz CT molecular complexity index is 2020. The molecule has 1 aromatic rings. The highest BCUT2D eigenvalue weighted by Crippen LogP contribution is 2.12. The van der Waals surface area contributed by atoms with E-state index in [1.54, 1.807) is 32.9 Å². The van der Waals surface area contributed by atoms with Crippen LogP contribution in [0.15, 0.2) is 31.0 Å². The van der Waals surface area contributed by atoms with Gasteiger partial charge < -0.3 is 65.6 Å². The first-order valence-corrected chi connectivity index (χ1v) is 29.0. The Hall–Kier alpha value is -6.60. The number of nitrogens with one attached hydrogen (secondary N) is 9. The number of hydrogen-bond acceptors (Lipinski definition) is 17. The van der Waals surface area contributed by atoms with E-state index in [4.69, 9.17) is 28.4 Å². The van der Waals surface area contributed by atoms with Crippen LogP contribution in [0, 0.1) is 0 Å². The summed E-state index contributed by atoms with van der Waals surface area (Å²) in [7, 11) is 0.